The highest BCUT2D eigenvalue weighted by atomic mass is 16.5. The van der Waals surface area contributed by atoms with Gasteiger partial charge in [-0.15, -0.1) is 0 Å². The Kier molecular flexibility index (Phi) is 5.92. The smallest absolute Gasteiger partial charge is 0.212 e. The fraction of sp³-hybridized carbons (Fsp3) is 0.231. The molecule has 184 valence electrons. The minimum absolute atomic E-state index is 0.466. The predicted molar refractivity (Wildman–Crippen MR) is 137 cm³/mol. The number of fused-ring (bicyclic) bond motifs is 1. The van der Waals surface area contributed by atoms with Crippen LogP contribution < -0.4 is 9.64 Å². The quantitative estimate of drug-likeness (QED) is 0.381. The van der Waals surface area contributed by atoms with E-state index >= 15 is 0 Å². The lowest BCUT2D eigenvalue weighted by Crippen LogP contribution is -2.46. The van der Waals surface area contributed by atoms with Crippen molar-refractivity contribution in [2.75, 3.05) is 38.2 Å². The monoisotopic (exact) mass is 492 g/mol. The van der Waals surface area contributed by atoms with E-state index in [9.17, 15) is 5.26 Å². The van der Waals surface area contributed by atoms with Gasteiger partial charge in [0.2, 0.25) is 5.88 Å². The summed E-state index contributed by atoms with van der Waals surface area (Å²) in [4.78, 5) is 18.6. The van der Waals surface area contributed by atoms with Crippen LogP contribution >= 0.6 is 0 Å². The number of pyridine rings is 2. The van der Waals surface area contributed by atoms with E-state index in [4.69, 9.17) is 14.7 Å². The number of aromatic nitrogens is 7. The van der Waals surface area contributed by atoms with Gasteiger partial charge < -0.3 is 9.64 Å². The normalized spacial score (nSPS) is 14.1. The van der Waals surface area contributed by atoms with Crippen molar-refractivity contribution < 1.29 is 4.74 Å². The molecule has 1 aliphatic rings. The molecular formula is C26H24N10O. The standard InChI is InChI=1S/C26H24N10O/c1-37-24-5-2-18(11-29-24)16-34-6-8-35(9-7-34)23-4-3-19(12-28-23)25-26-20(10-27)15-32-36(26)17-22(33-25)21-13-30-31-14-21/h2-5,11-15,17H,6-9,16H2,1H3,(H,30,31). The average Bonchev–Trinajstić information content (AvgIpc) is 3.64. The Balaban J connectivity index is 1.20. The van der Waals surface area contributed by atoms with Gasteiger partial charge >= 0.3 is 0 Å². The Labute approximate surface area is 213 Å². The molecule has 0 amide bonds. The van der Waals surface area contributed by atoms with Gasteiger partial charge in [-0.25, -0.2) is 19.5 Å². The number of hydrogen-bond donors (Lipinski definition) is 1. The van der Waals surface area contributed by atoms with Crippen molar-refractivity contribution in [3.63, 3.8) is 0 Å². The SMILES string of the molecule is COc1ccc(CN2CCN(c3ccc(-c4nc(-c5cn[nH]c5)cn5ncc(C#N)c45)cn3)CC2)cn1. The minimum atomic E-state index is 0.466. The van der Waals surface area contributed by atoms with E-state index in [-0.39, 0.29) is 0 Å². The summed E-state index contributed by atoms with van der Waals surface area (Å²) in [6, 6.07) is 10.2. The summed E-state index contributed by atoms with van der Waals surface area (Å²) in [5.41, 5.74) is 5.32. The number of methoxy groups -OCH3 is 1. The second kappa shape index (κ2) is 9.67. The molecule has 0 spiro atoms. The first-order valence-corrected chi connectivity index (χ1v) is 11.9. The second-order valence-electron chi connectivity index (χ2n) is 8.80. The summed E-state index contributed by atoms with van der Waals surface area (Å²) in [7, 11) is 1.62. The molecule has 5 aromatic rings. The summed E-state index contributed by atoms with van der Waals surface area (Å²) in [6.07, 6.45) is 10.5. The van der Waals surface area contributed by atoms with Crippen LogP contribution in [0.5, 0.6) is 5.88 Å². The van der Waals surface area contributed by atoms with Gasteiger partial charge in [-0.2, -0.15) is 15.5 Å². The highest BCUT2D eigenvalue weighted by Crippen LogP contribution is 2.29. The Morgan fingerprint density at radius 1 is 1.00 bits per heavy atom. The molecule has 11 heteroatoms. The zero-order chi connectivity index (χ0) is 25.2. The van der Waals surface area contributed by atoms with Gasteiger partial charge in [-0.05, 0) is 17.7 Å². The van der Waals surface area contributed by atoms with Gasteiger partial charge in [0.05, 0.1) is 37.1 Å². The molecule has 5 aromatic heterocycles. The molecule has 0 saturated carbocycles. The Morgan fingerprint density at radius 3 is 2.57 bits per heavy atom. The van der Waals surface area contributed by atoms with E-state index in [1.807, 2.05) is 30.6 Å². The molecule has 1 aliphatic heterocycles. The van der Waals surface area contributed by atoms with E-state index < -0.39 is 0 Å². The highest BCUT2D eigenvalue weighted by molar-refractivity contribution is 5.83. The molecule has 11 nitrogen and oxygen atoms in total. The summed E-state index contributed by atoms with van der Waals surface area (Å²) < 4.78 is 6.83. The third-order valence-corrected chi connectivity index (χ3v) is 6.54. The van der Waals surface area contributed by atoms with Gasteiger partial charge in [-0.3, -0.25) is 10.00 Å². The third kappa shape index (κ3) is 4.46. The fourth-order valence-corrected chi connectivity index (χ4v) is 4.56. The number of ether oxygens (including phenoxy) is 1. The van der Waals surface area contributed by atoms with Crippen LogP contribution in [-0.4, -0.2) is 73.0 Å². The Morgan fingerprint density at radius 2 is 1.89 bits per heavy atom. The van der Waals surface area contributed by atoms with Crippen molar-refractivity contribution in [3.05, 3.63) is 72.6 Å². The second-order valence-corrected chi connectivity index (χ2v) is 8.80. The minimum Gasteiger partial charge on any atom is -0.481 e. The zero-order valence-electron chi connectivity index (χ0n) is 20.2. The van der Waals surface area contributed by atoms with Gasteiger partial charge in [0.1, 0.15) is 23.0 Å². The molecule has 6 rings (SSSR count). The molecular weight excluding hydrogens is 468 g/mol. The molecule has 6 heterocycles. The lowest BCUT2D eigenvalue weighted by Gasteiger charge is -2.35. The Hall–Kier alpha value is -4.82. The van der Waals surface area contributed by atoms with E-state index in [0.29, 0.717) is 28.3 Å². The van der Waals surface area contributed by atoms with Crippen LogP contribution in [0.2, 0.25) is 0 Å². The molecule has 0 radical (unpaired) electrons. The maximum Gasteiger partial charge on any atom is 0.212 e. The maximum absolute atomic E-state index is 9.62. The van der Waals surface area contributed by atoms with Crippen molar-refractivity contribution in [3.8, 4) is 34.5 Å². The van der Waals surface area contributed by atoms with Crippen LogP contribution in [0, 0.1) is 11.3 Å². The number of rotatable bonds is 6. The van der Waals surface area contributed by atoms with E-state index in [1.54, 1.807) is 36.4 Å². The number of aromatic amines is 1. The topological polar surface area (TPSA) is 124 Å². The number of hydrogen-bond acceptors (Lipinski definition) is 9. The molecule has 0 aromatic carbocycles. The van der Waals surface area contributed by atoms with Gasteiger partial charge in [0, 0.05) is 68.5 Å². The first-order chi connectivity index (χ1) is 18.2. The van der Waals surface area contributed by atoms with Crippen molar-refractivity contribution in [1.82, 2.24) is 39.7 Å². The molecule has 0 unspecified atom stereocenters. The summed E-state index contributed by atoms with van der Waals surface area (Å²) in [5.74, 6) is 1.55. The van der Waals surface area contributed by atoms with Gasteiger partial charge in [-0.1, -0.05) is 6.07 Å². The molecule has 1 saturated heterocycles. The van der Waals surface area contributed by atoms with E-state index in [1.165, 1.54) is 5.56 Å². The first kappa shape index (κ1) is 22.6. The average molecular weight is 493 g/mol. The van der Waals surface area contributed by atoms with Crippen LogP contribution in [0.3, 0.4) is 0 Å². The molecule has 1 N–H and O–H groups in total. The maximum atomic E-state index is 9.62. The first-order valence-electron chi connectivity index (χ1n) is 11.9. The van der Waals surface area contributed by atoms with Crippen LogP contribution in [0.4, 0.5) is 5.82 Å². The molecule has 0 bridgehead atoms. The van der Waals surface area contributed by atoms with E-state index in [2.05, 4.69) is 42.2 Å². The largest absolute Gasteiger partial charge is 0.481 e. The van der Waals surface area contributed by atoms with Crippen molar-refractivity contribution in [1.29, 1.82) is 5.26 Å². The number of nitriles is 1. The fourth-order valence-electron chi connectivity index (χ4n) is 4.56. The zero-order valence-corrected chi connectivity index (χ0v) is 20.2. The van der Waals surface area contributed by atoms with Crippen LogP contribution in [0.1, 0.15) is 11.1 Å². The van der Waals surface area contributed by atoms with Gasteiger partial charge in [0.15, 0.2) is 0 Å². The van der Waals surface area contributed by atoms with Gasteiger partial charge in [0.25, 0.3) is 0 Å². The number of anilines is 1. The lowest BCUT2D eigenvalue weighted by atomic mass is 10.1. The van der Waals surface area contributed by atoms with Crippen molar-refractivity contribution >= 4 is 11.3 Å². The summed E-state index contributed by atoms with van der Waals surface area (Å²) in [6.45, 7) is 4.50. The number of H-pyrrole nitrogens is 1. The molecule has 37 heavy (non-hydrogen) atoms. The molecule has 1 fully saturated rings. The molecule has 0 atom stereocenters. The van der Waals surface area contributed by atoms with Crippen molar-refractivity contribution in [2.45, 2.75) is 6.54 Å². The molecule has 0 aliphatic carbocycles. The Bertz CT molecular complexity index is 1540. The summed E-state index contributed by atoms with van der Waals surface area (Å²) >= 11 is 0. The lowest BCUT2D eigenvalue weighted by molar-refractivity contribution is 0.249. The van der Waals surface area contributed by atoms with Crippen LogP contribution in [0.25, 0.3) is 28.0 Å². The number of nitrogens with zero attached hydrogens (tertiary/aromatic N) is 9. The predicted octanol–water partition coefficient (Wildman–Crippen LogP) is 2.78. The number of piperazine rings is 1. The third-order valence-electron chi connectivity index (χ3n) is 6.54. The number of nitrogens with one attached hydrogen (secondary N) is 1. The van der Waals surface area contributed by atoms with Crippen LogP contribution in [0.15, 0.2) is 61.4 Å². The summed E-state index contributed by atoms with van der Waals surface area (Å²) in [5, 5.41) is 20.8. The highest BCUT2D eigenvalue weighted by Gasteiger charge is 2.20. The van der Waals surface area contributed by atoms with Crippen molar-refractivity contribution in [2.24, 2.45) is 0 Å². The van der Waals surface area contributed by atoms with Crippen LogP contribution in [-0.2, 0) is 6.54 Å². The van der Waals surface area contributed by atoms with E-state index in [0.717, 1.165) is 49.7 Å².